The maximum Gasteiger partial charge on any atom is 0.171 e. The van der Waals surface area contributed by atoms with Crippen LogP contribution in [0, 0.1) is 6.92 Å². The second kappa shape index (κ2) is 2.40. The molecule has 0 bridgehead atoms. The zero-order valence-electron chi connectivity index (χ0n) is 7.46. The van der Waals surface area contributed by atoms with E-state index in [1.165, 1.54) is 12.8 Å². The maximum absolute atomic E-state index is 5.75. The number of nitrogen functional groups attached to an aromatic ring is 1. The number of nitrogens with two attached hydrogens (primary N) is 1. The van der Waals surface area contributed by atoms with E-state index in [0.29, 0.717) is 11.9 Å². The number of hydrogen-bond donors (Lipinski definition) is 2. The van der Waals surface area contributed by atoms with E-state index in [4.69, 9.17) is 5.73 Å². The summed E-state index contributed by atoms with van der Waals surface area (Å²) in [7, 11) is 2.05. The van der Waals surface area contributed by atoms with Crippen LogP contribution in [0.2, 0.25) is 0 Å². The van der Waals surface area contributed by atoms with Gasteiger partial charge in [-0.25, -0.2) is 4.98 Å². The minimum atomic E-state index is 0.662. The SMILES string of the molecule is Cc1nc(N(C)C2CC2)c(N)[nH]1. The molecular weight excluding hydrogens is 152 g/mol. The fraction of sp³-hybridized carbons (Fsp3) is 0.625. The molecule has 1 heterocycles. The number of aromatic amines is 1. The summed E-state index contributed by atoms with van der Waals surface area (Å²) in [6.45, 7) is 1.92. The van der Waals surface area contributed by atoms with Crippen LogP contribution in [-0.4, -0.2) is 23.1 Å². The van der Waals surface area contributed by atoms with E-state index >= 15 is 0 Å². The highest BCUT2D eigenvalue weighted by Gasteiger charge is 2.28. The molecule has 1 aromatic heterocycles. The summed E-state index contributed by atoms with van der Waals surface area (Å²) >= 11 is 0. The molecule has 12 heavy (non-hydrogen) atoms. The van der Waals surface area contributed by atoms with E-state index in [-0.39, 0.29) is 0 Å². The molecule has 1 aliphatic carbocycles. The fourth-order valence-electron chi connectivity index (χ4n) is 1.40. The van der Waals surface area contributed by atoms with E-state index < -0.39 is 0 Å². The lowest BCUT2D eigenvalue weighted by Gasteiger charge is -2.15. The van der Waals surface area contributed by atoms with Crippen molar-refractivity contribution >= 4 is 11.6 Å². The predicted molar refractivity (Wildman–Crippen MR) is 49.2 cm³/mol. The van der Waals surface area contributed by atoms with Gasteiger partial charge in [0, 0.05) is 13.1 Å². The average Bonchev–Trinajstić information content (AvgIpc) is 2.77. The molecule has 1 aliphatic rings. The van der Waals surface area contributed by atoms with E-state index in [1.807, 2.05) is 14.0 Å². The van der Waals surface area contributed by atoms with Crippen molar-refractivity contribution in [2.75, 3.05) is 17.7 Å². The Morgan fingerprint density at radius 3 is 2.67 bits per heavy atom. The third kappa shape index (κ3) is 1.13. The van der Waals surface area contributed by atoms with Crippen LogP contribution in [0.5, 0.6) is 0 Å². The first kappa shape index (κ1) is 7.46. The van der Waals surface area contributed by atoms with Gasteiger partial charge in [-0.1, -0.05) is 0 Å². The van der Waals surface area contributed by atoms with Crippen LogP contribution in [0.15, 0.2) is 0 Å². The third-order valence-electron chi connectivity index (χ3n) is 2.26. The van der Waals surface area contributed by atoms with Crippen LogP contribution < -0.4 is 10.6 Å². The molecule has 0 aliphatic heterocycles. The summed E-state index contributed by atoms with van der Waals surface area (Å²) in [5.74, 6) is 2.46. The Morgan fingerprint density at radius 1 is 1.58 bits per heavy atom. The van der Waals surface area contributed by atoms with Gasteiger partial charge in [0.1, 0.15) is 11.6 Å². The van der Waals surface area contributed by atoms with Crippen LogP contribution in [0.3, 0.4) is 0 Å². The Hall–Kier alpha value is -1.19. The van der Waals surface area contributed by atoms with Crippen molar-refractivity contribution in [3.63, 3.8) is 0 Å². The molecular formula is C8H14N4. The summed E-state index contributed by atoms with van der Waals surface area (Å²) in [6.07, 6.45) is 2.53. The summed E-state index contributed by atoms with van der Waals surface area (Å²) < 4.78 is 0. The second-order valence-corrected chi connectivity index (χ2v) is 3.40. The summed E-state index contributed by atoms with van der Waals surface area (Å²) in [4.78, 5) is 9.46. The number of nitrogens with one attached hydrogen (secondary N) is 1. The monoisotopic (exact) mass is 166 g/mol. The first-order valence-electron chi connectivity index (χ1n) is 4.23. The van der Waals surface area contributed by atoms with E-state index in [9.17, 15) is 0 Å². The Morgan fingerprint density at radius 2 is 2.25 bits per heavy atom. The first-order chi connectivity index (χ1) is 5.68. The van der Waals surface area contributed by atoms with Crippen molar-refractivity contribution < 1.29 is 0 Å². The van der Waals surface area contributed by atoms with Gasteiger partial charge < -0.3 is 15.6 Å². The lowest BCUT2D eigenvalue weighted by molar-refractivity contribution is 0.897. The van der Waals surface area contributed by atoms with E-state index in [0.717, 1.165) is 11.6 Å². The van der Waals surface area contributed by atoms with Crippen LogP contribution in [0.4, 0.5) is 11.6 Å². The van der Waals surface area contributed by atoms with Crippen LogP contribution in [-0.2, 0) is 0 Å². The minimum absolute atomic E-state index is 0.662. The van der Waals surface area contributed by atoms with Gasteiger partial charge >= 0.3 is 0 Å². The van der Waals surface area contributed by atoms with Crippen molar-refractivity contribution in [3.05, 3.63) is 5.82 Å². The van der Waals surface area contributed by atoms with E-state index in [2.05, 4.69) is 14.9 Å². The van der Waals surface area contributed by atoms with Crippen molar-refractivity contribution in [2.45, 2.75) is 25.8 Å². The molecule has 1 aromatic rings. The van der Waals surface area contributed by atoms with Gasteiger partial charge in [0.15, 0.2) is 5.82 Å². The zero-order valence-corrected chi connectivity index (χ0v) is 7.46. The number of anilines is 2. The van der Waals surface area contributed by atoms with Crippen molar-refractivity contribution in [1.29, 1.82) is 0 Å². The molecule has 0 saturated heterocycles. The highest BCUT2D eigenvalue weighted by Crippen LogP contribution is 2.31. The van der Waals surface area contributed by atoms with E-state index in [1.54, 1.807) is 0 Å². The highest BCUT2D eigenvalue weighted by molar-refractivity contribution is 5.59. The van der Waals surface area contributed by atoms with Gasteiger partial charge in [0.2, 0.25) is 0 Å². The Kier molecular flexibility index (Phi) is 1.49. The average molecular weight is 166 g/mol. The van der Waals surface area contributed by atoms with Crippen molar-refractivity contribution in [3.8, 4) is 0 Å². The predicted octanol–water partition coefficient (Wildman–Crippen LogP) is 0.899. The van der Waals surface area contributed by atoms with Gasteiger partial charge in [-0.2, -0.15) is 0 Å². The Labute approximate surface area is 71.8 Å². The Balaban J connectivity index is 2.25. The number of nitrogens with zero attached hydrogens (tertiary/aromatic N) is 2. The van der Waals surface area contributed by atoms with Crippen LogP contribution >= 0.6 is 0 Å². The molecule has 0 spiro atoms. The number of H-pyrrole nitrogens is 1. The molecule has 2 rings (SSSR count). The maximum atomic E-state index is 5.75. The topological polar surface area (TPSA) is 57.9 Å². The molecule has 1 saturated carbocycles. The number of aryl methyl sites for hydroxylation is 1. The first-order valence-corrected chi connectivity index (χ1v) is 4.23. The summed E-state index contributed by atoms with van der Waals surface area (Å²) in [5, 5.41) is 0. The smallest absolute Gasteiger partial charge is 0.171 e. The van der Waals surface area contributed by atoms with Crippen LogP contribution in [0.25, 0.3) is 0 Å². The Bertz CT molecular complexity index is 287. The largest absolute Gasteiger partial charge is 0.382 e. The molecule has 0 aromatic carbocycles. The van der Waals surface area contributed by atoms with Crippen molar-refractivity contribution in [1.82, 2.24) is 9.97 Å². The van der Waals surface area contributed by atoms with Crippen LogP contribution in [0.1, 0.15) is 18.7 Å². The van der Waals surface area contributed by atoms with Gasteiger partial charge in [0.25, 0.3) is 0 Å². The van der Waals surface area contributed by atoms with Gasteiger partial charge in [-0.05, 0) is 19.8 Å². The lowest BCUT2D eigenvalue weighted by atomic mass is 10.5. The van der Waals surface area contributed by atoms with Gasteiger partial charge in [-0.3, -0.25) is 0 Å². The normalized spacial score (nSPS) is 16.5. The molecule has 0 atom stereocenters. The molecule has 3 N–H and O–H groups in total. The standard InChI is InChI=1S/C8H14N4/c1-5-10-7(9)8(11-5)12(2)6-3-4-6/h6H,3-4,9H2,1-2H3,(H,10,11). The molecule has 0 unspecified atom stereocenters. The molecule has 4 heteroatoms. The third-order valence-corrected chi connectivity index (χ3v) is 2.26. The fourth-order valence-corrected chi connectivity index (χ4v) is 1.40. The second-order valence-electron chi connectivity index (χ2n) is 3.40. The molecule has 66 valence electrons. The van der Waals surface area contributed by atoms with Gasteiger partial charge in [-0.15, -0.1) is 0 Å². The highest BCUT2D eigenvalue weighted by atomic mass is 15.3. The summed E-state index contributed by atoms with van der Waals surface area (Å²) in [5.41, 5.74) is 5.75. The molecule has 0 radical (unpaired) electrons. The molecule has 4 nitrogen and oxygen atoms in total. The minimum Gasteiger partial charge on any atom is -0.382 e. The van der Waals surface area contributed by atoms with Crippen molar-refractivity contribution in [2.24, 2.45) is 0 Å². The quantitative estimate of drug-likeness (QED) is 0.686. The van der Waals surface area contributed by atoms with Gasteiger partial charge in [0.05, 0.1) is 0 Å². The summed E-state index contributed by atoms with van der Waals surface area (Å²) in [6, 6.07) is 0.662. The number of rotatable bonds is 2. The molecule has 1 fully saturated rings. The number of imidazole rings is 1. The molecule has 0 amide bonds. The zero-order chi connectivity index (χ0) is 8.72. The number of hydrogen-bond acceptors (Lipinski definition) is 3. The lowest BCUT2D eigenvalue weighted by Crippen LogP contribution is -2.20. The number of aromatic nitrogens is 2.